The van der Waals surface area contributed by atoms with Gasteiger partial charge in [-0.05, 0) is 93.3 Å². The molecule has 0 aliphatic carbocycles. The molecule has 0 bridgehead atoms. The molecule has 0 aliphatic heterocycles. The highest BCUT2D eigenvalue weighted by Crippen LogP contribution is 2.46. The number of nitrogens with zero attached hydrogens (tertiary/aromatic N) is 4. The van der Waals surface area contributed by atoms with E-state index in [0.29, 0.717) is 0 Å². The van der Waals surface area contributed by atoms with E-state index in [1.165, 1.54) is 86.4 Å². The largest absolute Gasteiger partial charge is 0.309 e. The van der Waals surface area contributed by atoms with Gasteiger partial charge in [0.25, 0.3) is 0 Å². The second-order valence-corrected chi connectivity index (χ2v) is 19.1. The SMILES string of the molecule is c1ccc(-c2nc(-c3cccc4c5cccc(-n6c7ccccc7c7cc(-c8ccc9c(c8)c8ccccc8n9-c8ccccc8)ccc76)c5c5ccccc5c34)nc3c2sc2ccccc23)cc1. The van der Waals surface area contributed by atoms with Crippen molar-refractivity contribution in [3.8, 4) is 45.1 Å². The van der Waals surface area contributed by atoms with E-state index < -0.39 is 0 Å². The van der Waals surface area contributed by atoms with Crippen molar-refractivity contribution in [3.05, 3.63) is 231 Å². The lowest BCUT2D eigenvalue weighted by atomic mass is 9.90. The second kappa shape index (κ2) is 14.8. The van der Waals surface area contributed by atoms with Crippen LogP contribution in [0, 0.1) is 0 Å². The predicted octanol–water partition coefficient (Wildman–Crippen LogP) is 17.5. The zero-order valence-electron chi connectivity index (χ0n) is 37.1. The first-order chi connectivity index (χ1) is 34.2. The Morgan fingerprint density at radius 1 is 0.333 bits per heavy atom. The normalized spacial score (nSPS) is 12.1. The van der Waals surface area contributed by atoms with E-state index in [2.05, 4.69) is 240 Å². The van der Waals surface area contributed by atoms with Crippen molar-refractivity contribution in [1.29, 1.82) is 0 Å². The Hall–Kier alpha value is -8.90. The van der Waals surface area contributed by atoms with Gasteiger partial charge in [-0.15, -0.1) is 11.3 Å². The molecule has 0 fully saturated rings. The fraction of sp³-hybridized carbons (Fsp3) is 0. The average molecular weight is 895 g/mol. The third kappa shape index (κ3) is 5.62. The zero-order chi connectivity index (χ0) is 45.2. The van der Waals surface area contributed by atoms with E-state index in [9.17, 15) is 0 Å². The lowest BCUT2D eigenvalue weighted by Gasteiger charge is -2.18. The van der Waals surface area contributed by atoms with Crippen LogP contribution in [0.5, 0.6) is 0 Å². The van der Waals surface area contributed by atoms with E-state index in [4.69, 9.17) is 9.97 Å². The molecule has 5 heteroatoms. The Morgan fingerprint density at radius 2 is 0.841 bits per heavy atom. The summed E-state index contributed by atoms with van der Waals surface area (Å²) in [5, 5.41) is 13.2. The van der Waals surface area contributed by atoms with Gasteiger partial charge in [-0.25, -0.2) is 9.97 Å². The Morgan fingerprint density at radius 3 is 1.52 bits per heavy atom. The van der Waals surface area contributed by atoms with Crippen molar-refractivity contribution < 1.29 is 0 Å². The molecule has 69 heavy (non-hydrogen) atoms. The fourth-order valence-electron chi connectivity index (χ4n) is 11.3. The molecule has 11 aromatic carbocycles. The lowest BCUT2D eigenvalue weighted by Crippen LogP contribution is -1.98. The maximum absolute atomic E-state index is 5.46. The summed E-state index contributed by atoms with van der Waals surface area (Å²) in [7, 11) is 0. The number of fused-ring (bicyclic) bond motifs is 15. The Labute approximate surface area is 400 Å². The summed E-state index contributed by atoms with van der Waals surface area (Å²) >= 11 is 1.77. The zero-order valence-corrected chi connectivity index (χ0v) is 38.0. The van der Waals surface area contributed by atoms with E-state index in [1.54, 1.807) is 11.3 Å². The molecule has 15 rings (SSSR count). The highest BCUT2D eigenvalue weighted by molar-refractivity contribution is 7.26. The minimum atomic E-state index is 0.732. The molecule has 0 unspecified atom stereocenters. The third-order valence-corrected chi connectivity index (χ3v) is 15.5. The molecule has 0 saturated carbocycles. The van der Waals surface area contributed by atoms with Crippen LogP contribution >= 0.6 is 11.3 Å². The van der Waals surface area contributed by atoms with Gasteiger partial charge in [-0.3, -0.25) is 0 Å². The van der Waals surface area contributed by atoms with Crippen molar-refractivity contribution in [3.63, 3.8) is 0 Å². The van der Waals surface area contributed by atoms with Crippen LogP contribution in [0.1, 0.15) is 0 Å². The molecule has 4 heterocycles. The van der Waals surface area contributed by atoms with E-state index in [1.807, 2.05) is 0 Å². The van der Waals surface area contributed by atoms with Gasteiger partial charge in [0.1, 0.15) is 0 Å². The number of hydrogen-bond acceptors (Lipinski definition) is 3. The minimum absolute atomic E-state index is 0.732. The van der Waals surface area contributed by atoms with Gasteiger partial charge in [0.05, 0.1) is 43.7 Å². The molecule has 0 radical (unpaired) electrons. The van der Waals surface area contributed by atoms with E-state index >= 15 is 0 Å². The molecule has 4 nitrogen and oxygen atoms in total. The van der Waals surface area contributed by atoms with Gasteiger partial charge in [-0.2, -0.15) is 0 Å². The fourth-order valence-corrected chi connectivity index (χ4v) is 12.5. The average Bonchev–Trinajstić information content (AvgIpc) is 4.08. The number of para-hydroxylation sites is 3. The number of hydrogen-bond donors (Lipinski definition) is 0. The Kier molecular flexibility index (Phi) is 8.20. The quantitative estimate of drug-likeness (QED) is 0.161. The summed E-state index contributed by atoms with van der Waals surface area (Å²) in [5.74, 6) is 0.732. The van der Waals surface area contributed by atoms with Gasteiger partial charge in [0.2, 0.25) is 0 Å². The van der Waals surface area contributed by atoms with Crippen LogP contribution in [0.4, 0.5) is 0 Å². The van der Waals surface area contributed by atoms with Crippen LogP contribution in [0.2, 0.25) is 0 Å². The van der Waals surface area contributed by atoms with Gasteiger partial charge in [0.15, 0.2) is 5.82 Å². The Bertz CT molecular complexity index is 4560. The third-order valence-electron chi connectivity index (χ3n) is 14.3. The molecular weight excluding hydrogens is 857 g/mol. The number of benzene rings is 11. The maximum atomic E-state index is 5.46. The number of thiophene rings is 1. The Balaban J connectivity index is 0.947. The van der Waals surface area contributed by atoms with Crippen molar-refractivity contribution in [2.24, 2.45) is 0 Å². The topological polar surface area (TPSA) is 35.6 Å². The molecular formula is C64H38N4S. The second-order valence-electron chi connectivity index (χ2n) is 18.0. The van der Waals surface area contributed by atoms with Gasteiger partial charge < -0.3 is 9.13 Å². The molecule has 0 aliphatic rings. The summed E-state index contributed by atoms with van der Waals surface area (Å²) in [4.78, 5) is 10.9. The first-order valence-corrected chi connectivity index (χ1v) is 24.3. The van der Waals surface area contributed by atoms with Crippen LogP contribution in [-0.4, -0.2) is 19.1 Å². The summed E-state index contributed by atoms with van der Waals surface area (Å²) in [6.07, 6.45) is 0. The van der Waals surface area contributed by atoms with Gasteiger partial charge >= 0.3 is 0 Å². The number of rotatable bonds is 5. The van der Waals surface area contributed by atoms with Crippen molar-refractivity contribution >= 4 is 108 Å². The molecule has 15 aromatic rings. The van der Waals surface area contributed by atoms with Crippen molar-refractivity contribution in [1.82, 2.24) is 19.1 Å². The molecule has 4 aromatic heterocycles. The van der Waals surface area contributed by atoms with E-state index in [-0.39, 0.29) is 0 Å². The molecule has 0 saturated heterocycles. The smallest absolute Gasteiger partial charge is 0.161 e. The number of aromatic nitrogens is 4. The van der Waals surface area contributed by atoms with Crippen LogP contribution < -0.4 is 0 Å². The summed E-state index contributed by atoms with van der Waals surface area (Å²) in [6, 6.07) is 83.8. The van der Waals surface area contributed by atoms with Crippen molar-refractivity contribution in [2.45, 2.75) is 0 Å². The standard InChI is InChI=1S/C64H38N4S/c1-3-17-39(18-4-1)61-63-62(49-25-11-14-32-58(49)69-63)66-64(65-61)50-28-15-26-46-48-27-16-31-57(60(48)47-24-8-7-23-45(47)59(46)50)68-54-30-13-10-22-44(54)52-38-41(34-36-56(52)68)40-33-35-55-51(37-40)43-21-9-12-29-53(43)67(55)42-19-5-2-6-20-42/h1-38H. The minimum Gasteiger partial charge on any atom is -0.309 e. The monoisotopic (exact) mass is 894 g/mol. The molecule has 0 spiro atoms. The van der Waals surface area contributed by atoms with E-state index in [0.717, 1.165) is 55.0 Å². The molecule has 0 N–H and O–H groups in total. The highest BCUT2D eigenvalue weighted by Gasteiger charge is 2.23. The molecule has 320 valence electrons. The molecule has 0 atom stereocenters. The molecule has 0 amide bonds. The van der Waals surface area contributed by atoms with Crippen LogP contribution in [-0.2, 0) is 0 Å². The van der Waals surface area contributed by atoms with Crippen LogP contribution in [0.3, 0.4) is 0 Å². The lowest BCUT2D eigenvalue weighted by molar-refractivity contribution is 1.18. The van der Waals surface area contributed by atoms with Crippen LogP contribution in [0.25, 0.3) is 141 Å². The predicted molar refractivity (Wildman–Crippen MR) is 292 cm³/mol. The van der Waals surface area contributed by atoms with Gasteiger partial charge in [-0.1, -0.05) is 170 Å². The van der Waals surface area contributed by atoms with Crippen molar-refractivity contribution in [2.75, 3.05) is 0 Å². The first-order valence-electron chi connectivity index (χ1n) is 23.5. The first kappa shape index (κ1) is 38.2. The van der Waals surface area contributed by atoms with Gasteiger partial charge in [0, 0.05) is 59.2 Å². The highest BCUT2D eigenvalue weighted by atomic mass is 32.1. The summed E-state index contributed by atoms with van der Waals surface area (Å²) in [6.45, 7) is 0. The maximum Gasteiger partial charge on any atom is 0.161 e. The van der Waals surface area contributed by atoms with Crippen LogP contribution in [0.15, 0.2) is 231 Å². The summed E-state index contributed by atoms with van der Waals surface area (Å²) < 4.78 is 7.19. The summed E-state index contributed by atoms with van der Waals surface area (Å²) in [5.41, 5.74) is 13.5.